The standard InChI is InChI=1S/C22H25N7O2/c1-4-28(2)11-12-30-17-6-8-21(23-14-17)31-16-5-7-19-18(13-16)22(25-15-24-19)26-20-9-10-29(3)27-20/h5-10,13-15H,4,11-12H2,1-3H3,(H,24,25,26,27)/p+1. The predicted molar refractivity (Wildman–Crippen MR) is 118 cm³/mol. The molecule has 0 aliphatic carbocycles. The zero-order chi connectivity index (χ0) is 21.6. The van der Waals surface area contributed by atoms with Crippen LogP contribution < -0.4 is 19.7 Å². The maximum Gasteiger partial charge on any atom is 0.219 e. The summed E-state index contributed by atoms with van der Waals surface area (Å²) in [6, 6.07) is 11.2. The minimum atomic E-state index is 0.485. The number of hydrogen-bond acceptors (Lipinski definition) is 7. The van der Waals surface area contributed by atoms with Crippen LogP contribution in [0.3, 0.4) is 0 Å². The summed E-state index contributed by atoms with van der Waals surface area (Å²) in [6.45, 7) is 4.82. The largest absolute Gasteiger partial charge is 0.486 e. The molecule has 9 nitrogen and oxygen atoms in total. The van der Waals surface area contributed by atoms with Crippen LogP contribution in [-0.2, 0) is 7.05 Å². The lowest BCUT2D eigenvalue weighted by Gasteiger charge is -2.12. The van der Waals surface area contributed by atoms with Gasteiger partial charge in [0.05, 0.1) is 25.3 Å². The number of nitrogens with one attached hydrogen (secondary N) is 2. The van der Waals surface area contributed by atoms with Crippen LogP contribution in [0.5, 0.6) is 17.4 Å². The Labute approximate surface area is 180 Å². The second-order valence-electron chi connectivity index (χ2n) is 7.24. The van der Waals surface area contributed by atoms with Crippen LogP contribution in [0.2, 0.25) is 0 Å². The number of fused-ring (bicyclic) bond motifs is 1. The normalized spacial score (nSPS) is 12.0. The highest BCUT2D eigenvalue weighted by atomic mass is 16.5. The molecule has 0 radical (unpaired) electrons. The molecule has 9 heteroatoms. The molecule has 160 valence electrons. The lowest BCUT2D eigenvalue weighted by Crippen LogP contribution is -3.09. The number of benzene rings is 1. The number of aryl methyl sites for hydroxylation is 1. The van der Waals surface area contributed by atoms with E-state index in [1.807, 2.05) is 43.6 Å². The fourth-order valence-electron chi connectivity index (χ4n) is 2.96. The van der Waals surface area contributed by atoms with Gasteiger partial charge in [-0.15, -0.1) is 0 Å². The molecule has 0 aliphatic heterocycles. The van der Waals surface area contributed by atoms with Crippen LogP contribution in [0.15, 0.2) is 55.1 Å². The van der Waals surface area contributed by atoms with E-state index in [1.165, 1.54) is 11.2 Å². The molecule has 0 saturated heterocycles. The number of nitrogens with zero attached hydrogens (tertiary/aromatic N) is 5. The molecule has 0 fully saturated rings. The number of hydrogen-bond donors (Lipinski definition) is 2. The van der Waals surface area contributed by atoms with Crippen LogP contribution in [0.25, 0.3) is 10.9 Å². The average Bonchev–Trinajstić information content (AvgIpc) is 3.20. The molecular formula is C22H26N7O2+. The Balaban J connectivity index is 1.46. The van der Waals surface area contributed by atoms with Crippen molar-refractivity contribution in [2.24, 2.45) is 7.05 Å². The summed E-state index contributed by atoms with van der Waals surface area (Å²) in [5.41, 5.74) is 0.802. The summed E-state index contributed by atoms with van der Waals surface area (Å²) in [7, 11) is 4.01. The lowest BCUT2D eigenvalue weighted by atomic mass is 10.2. The summed E-state index contributed by atoms with van der Waals surface area (Å²) in [5.74, 6) is 3.22. The first-order valence-electron chi connectivity index (χ1n) is 10.2. The van der Waals surface area contributed by atoms with E-state index in [2.05, 4.69) is 39.3 Å². The molecule has 1 atom stereocenters. The highest BCUT2D eigenvalue weighted by Crippen LogP contribution is 2.28. The van der Waals surface area contributed by atoms with Gasteiger partial charge in [0.1, 0.15) is 36.8 Å². The van der Waals surface area contributed by atoms with E-state index in [9.17, 15) is 0 Å². The second-order valence-corrected chi connectivity index (χ2v) is 7.24. The molecule has 2 N–H and O–H groups in total. The summed E-state index contributed by atoms with van der Waals surface area (Å²) in [4.78, 5) is 14.5. The molecule has 0 aliphatic rings. The Morgan fingerprint density at radius 1 is 1.06 bits per heavy atom. The van der Waals surface area contributed by atoms with Gasteiger partial charge in [0.25, 0.3) is 0 Å². The summed E-state index contributed by atoms with van der Waals surface area (Å²) < 4.78 is 13.4. The van der Waals surface area contributed by atoms with Gasteiger partial charge in [-0.3, -0.25) is 4.68 Å². The van der Waals surface area contributed by atoms with Crippen molar-refractivity contribution < 1.29 is 14.4 Å². The molecular weight excluding hydrogens is 394 g/mol. The SMILES string of the molecule is CC[NH+](C)CCOc1ccc(Oc2ccc3ncnc(Nc4ccn(C)n4)c3c2)nc1. The summed E-state index contributed by atoms with van der Waals surface area (Å²) >= 11 is 0. The van der Waals surface area contributed by atoms with Crippen molar-refractivity contribution >= 4 is 22.5 Å². The Hall–Kier alpha value is -3.72. The van der Waals surface area contributed by atoms with Crippen LogP contribution in [0.4, 0.5) is 11.6 Å². The van der Waals surface area contributed by atoms with E-state index >= 15 is 0 Å². The van der Waals surface area contributed by atoms with Crippen LogP contribution in [0, 0.1) is 0 Å². The summed E-state index contributed by atoms with van der Waals surface area (Å²) in [5, 5.41) is 8.39. The van der Waals surface area contributed by atoms with E-state index in [-0.39, 0.29) is 0 Å². The number of aromatic nitrogens is 5. The van der Waals surface area contributed by atoms with Gasteiger partial charge in [0.2, 0.25) is 5.88 Å². The highest BCUT2D eigenvalue weighted by molar-refractivity contribution is 5.91. The molecule has 4 aromatic rings. The van der Waals surface area contributed by atoms with Crippen molar-refractivity contribution in [1.29, 1.82) is 0 Å². The van der Waals surface area contributed by atoms with Crippen molar-refractivity contribution in [3.05, 3.63) is 55.1 Å². The second kappa shape index (κ2) is 9.40. The van der Waals surface area contributed by atoms with Crippen LogP contribution in [-0.4, -0.2) is 51.5 Å². The topological polar surface area (TPSA) is 91.4 Å². The summed E-state index contributed by atoms with van der Waals surface area (Å²) in [6.07, 6.45) is 5.06. The maximum atomic E-state index is 5.94. The van der Waals surface area contributed by atoms with E-state index < -0.39 is 0 Å². The highest BCUT2D eigenvalue weighted by Gasteiger charge is 2.09. The quantitative estimate of drug-likeness (QED) is 0.429. The van der Waals surface area contributed by atoms with Crippen molar-refractivity contribution in [2.75, 3.05) is 32.1 Å². The van der Waals surface area contributed by atoms with Crippen LogP contribution >= 0.6 is 0 Å². The predicted octanol–water partition coefficient (Wildman–Crippen LogP) is 2.21. The molecule has 31 heavy (non-hydrogen) atoms. The zero-order valence-corrected chi connectivity index (χ0v) is 17.9. The van der Waals surface area contributed by atoms with E-state index in [0.29, 0.717) is 29.9 Å². The Kier molecular flexibility index (Phi) is 6.23. The Bertz CT molecular complexity index is 1140. The van der Waals surface area contributed by atoms with Gasteiger partial charge in [-0.25, -0.2) is 15.0 Å². The molecule has 0 spiro atoms. The van der Waals surface area contributed by atoms with E-state index in [0.717, 1.165) is 29.7 Å². The van der Waals surface area contributed by atoms with Gasteiger partial charge in [-0.05, 0) is 31.2 Å². The van der Waals surface area contributed by atoms with Gasteiger partial charge in [0, 0.05) is 30.8 Å². The first kappa shape index (κ1) is 20.5. The third-order valence-corrected chi connectivity index (χ3v) is 4.90. The minimum Gasteiger partial charge on any atom is -0.486 e. The van der Waals surface area contributed by atoms with Gasteiger partial charge in [-0.1, -0.05) is 0 Å². The fraction of sp³-hybridized carbons (Fsp3) is 0.273. The molecule has 4 rings (SSSR count). The van der Waals surface area contributed by atoms with Crippen molar-refractivity contribution in [2.45, 2.75) is 6.92 Å². The smallest absolute Gasteiger partial charge is 0.219 e. The minimum absolute atomic E-state index is 0.485. The number of pyridine rings is 1. The third kappa shape index (κ3) is 5.26. The number of anilines is 2. The van der Waals surface area contributed by atoms with Gasteiger partial charge in [-0.2, -0.15) is 5.10 Å². The Morgan fingerprint density at radius 2 is 1.94 bits per heavy atom. The third-order valence-electron chi connectivity index (χ3n) is 4.90. The van der Waals surface area contributed by atoms with Gasteiger partial charge < -0.3 is 19.7 Å². The number of ether oxygens (including phenoxy) is 2. The average molecular weight is 420 g/mol. The first-order chi connectivity index (χ1) is 15.1. The van der Waals surface area contributed by atoms with E-state index in [4.69, 9.17) is 9.47 Å². The van der Waals surface area contributed by atoms with Crippen molar-refractivity contribution in [3.8, 4) is 17.4 Å². The molecule has 3 heterocycles. The molecule has 1 aromatic carbocycles. The Morgan fingerprint density at radius 3 is 2.68 bits per heavy atom. The maximum absolute atomic E-state index is 5.94. The molecule has 0 amide bonds. The fourth-order valence-corrected chi connectivity index (χ4v) is 2.96. The molecule has 0 bridgehead atoms. The number of likely N-dealkylation sites (N-methyl/N-ethyl adjacent to an activating group) is 1. The number of quaternary nitrogens is 1. The number of rotatable bonds is 9. The molecule has 1 unspecified atom stereocenters. The van der Waals surface area contributed by atoms with Crippen molar-refractivity contribution in [3.63, 3.8) is 0 Å². The van der Waals surface area contributed by atoms with E-state index in [1.54, 1.807) is 16.9 Å². The lowest BCUT2D eigenvalue weighted by molar-refractivity contribution is -0.877. The zero-order valence-electron chi connectivity index (χ0n) is 17.9. The molecule has 0 saturated carbocycles. The van der Waals surface area contributed by atoms with Gasteiger partial charge in [0.15, 0.2) is 5.82 Å². The van der Waals surface area contributed by atoms with Crippen LogP contribution in [0.1, 0.15) is 6.92 Å². The monoisotopic (exact) mass is 420 g/mol. The van der Waals surface area contributed by atoms with Crippen molar-refractivity contribution in [1.82, 2.24) is 24.7 Å². The van der Waals surface area contributed by atoms with Gasteiger partial charge >= 0.3 is 0 Å². The molecule has 3 aromatic heterocycles. The first-order valence-corrected chi connectivity index (χ1v) is 10.2.